The van der Waals surface area contributed by atoms with Crippen molar-refractivity contribution in [1.82, 2.24) is 5.32 Å². The second kappa shape index (κ2) is 7.42. The predicted molar refractivity (Wildman–Crippen MR) is 95.2 cm³/mol. The average Bonchev–Trinajstić information content (AvgIpc) is 2.96. The molecular weight excluding hydrogens is 366 g/mol. The smallest absolute Gasteiger partial charge is 0.239 e. The molecule has 25 heavy (non-hydrogen) atoms. The summed E-state index contributed by atoms with van der Waals surface area (Å²) in [6.07, 6.45) is 0.410. The molecule has 0 radical (unpaired) electrons. The van der Waals surface area contributed by atoms with Crippen LogP contribution in [0.5, 0.6) is 0 Å². The first kappa shape index (κ1) is 17.7. The number of carbonyl (C=O) groups is 2. The first-order valence-corrected chi connectivity index (χ1v) is 8.50. The Bertz CT molecular complexity index is 811. The van der Waals surface area contributed by atoms with Gasteiger partial charge in [0.15, 0.2) is 0 Å². The predicted octanol–water partition coefficient (Wildman–Crippen LogP) is 3.80. The van der Waals surface area contributed by atoms with Crippen LogP contribution in [0.3, 0.4) is 0 Å². The number of anilines is 1. The van der Waals surface area contributed by atoms with Gasteiger partial charge < -0.3 is 10.2 Å². The molecule has 130 valence electrons. The molecule has 0 unspecified atom stereocenters. The molecule has 0 saturated carbocycles. The van der Waals surface area contributed by atoms with Crippen LogP contribution in [0.1, 0.15) is 12.0 Å². The van der Waals surface area contributed by atoms with Gasteiger partial charge >= 0.3 is 0 Å². The largest absolute Gasteiger partial charge is 0.351 e. The van der Waals surface area contributed by atoms with Gasteiger partial charge in [-0.15, -0.1) is 0 Å². The van der Waals surface area contributed by atoms with Gasteiger partial charge in [0.2, 0.25) is 11.8 Å². The van der Waals surface area contributed by atoms with Gasteiger partial charge in [-0.2, -0.15) is 0 Å². The van der Waals surface area contributed by atoms with E-state index < -0.39 is 5.92 Å². The molecule has 2 aromatic rings. The van der Waals surface area contributed by atoms with Crippen molar-refractivity contribution in [3.8, 4) is 0 Å². The Hall–Kier alpha value is -2.11. The van der Waals surface area contributed by atoms with E-state index in [0.29, 0.717) is 28.7 Å². The van der Waals surface area contributed by atoms with Gasteiger partial charge in [0.05, 0.1) is 10.7 Å². The standard InChI is InChI=1S/C18H15Cl2FN2O2/c19-12-3-6-16(15(20)9-12)23-8-7-14(18(23)25)17(24)22-10-11-1-4-13(21)5-2-11/h1-6,9,14H,7-8,10H2,(H,22,24)/t14-/m1/s1. The Labute approximate surface area is 154 Å². The number of carbonyl (C=O) groups excluding carboxylic acids is 2. The maximum absolute atomic E-state index is 12.9. The summed E-state index contributed by atoms with van der Waals surface area (Å²) in [5, 5.41) is 3.57. The van der Waals surface area contributed by atoms with Gasteiger partial charge in [-0.05, 0) is 42.3 Å². The van der Waals surface area contributed by atoms with Gasteiger partial charge in [0, 0.05) is 18.1 Å². The molecule has 1 saturated heterocycles. The normalized spacial score (nSPS) is 17.0. The van der Waals surface area contributed by atoms with Crippen LogP contribution in [-0.2, 0) is 16.1 Å². The Balaban J connectivity index is 1.64. The second-order valence-electron chi connectivity index (χ2n) is 5.77. The van der Waals surface area contributed by atoms with Crippen LogP contribution in [-0.4, -0.2) is 18.4 Å². The third kappa shape index (κ3) is 3.94. The number of amides is 2. The van der Waals surface area contributed by atoms with Crippen molar-refractivity contribution in [2.75, 3.05) is 11.4 Å². The highest BCUT2D eigenvalue weighted by Crippen LogP contribution is 2.33. The van der Waals surface area contributed by atoms with Crippen molar-refractivity contribution >= 4 is 40.7 Å². The minimum absolute atomic E-state index is 0.241. The van der Waals surface area contributed by atoms with Crippen molar-refractivity contribution in [2.24, 2.45) is 5.92 Å². The first-order valence-electron chi connectivity index (χ1n) is 7.74. The number of nitrogens with one attached hydrogen (secondary N) is 1. The molecule has 3 rings (SSSR count). The molecule has 0 bridgehead atoms. The lowest BCUT2D eigenvalue weighted by Gasteiger charge is -2.18. The second-order valence-corrected chi connectivity index (χ2v) is 6.61. The summed E-state index contributed by atoms with van der Waals surface area (Å²) in [6, 6.07) is 10.7. The molecular formula is C18H15Cl2FN2O2. The summed E-state index contributed by atoms with van der Waals surface area (Å²) in [7, 11) is 0. The Morgan fingerprint density at radius 3 is 2.60 bits per heavy atom. The van der Waals surface area contributed by atoms with Gasteiger partial charge in [-0.25, -0.2) is 4.39 Å². The van der Waals surface area contributed by atoms with Crippen molar-refractivity contribution in [3.63, 3.8) is 0 Å². The summed E-state index contributed by atoms with van der Waals surface area (Å²) >= 11 is 12.0. The van der Waals surface area contributed by atoms with E-state index in [9.17, 15) is 14.0 Å². The molecule has 1 aliphatic rings. The van der Waals surface area contributed by atoms with Crippen molar-refractivity contribution in [3.05, 3.63) is 63.9 Å². The summed E-state index contributed by atoms with van der Waals surface area (Å²) < 4.78 is 12.9. The SMILES string of the molecule is O=C(NCc1ccc(F)cc1)[C@H]1CCN(c2ccc(Cl)cc2Cl)C1=O. The van der Waals surface area contributed by atoms with E-state index in [1.165, 1.54) is 17.0 Å². The van der Waals surface area contributed by atoms with Crippen LogP contribution < -0.4 is 10.2 Å². The van der Waals surface area contributed by atoms with E-state index in [1.807, 2.05) is 0 Å². The summed E-state index contributed by atoms with van der Waals surface area (Å²) in [4.78, 5) is 26.4. The summed E-state index contributed by atoms with van der Waals surface area (Å²) in [5.74, 6) is -1.73. The van der Waals surface area contributed by atoms with Crippen LogP contribution >= 0.6 is 23.2 Å². The molecule has 2 aromatic carbocycles. The fraction of sp³-hybridized carbons (Fsp3) is 0.222. The number of hydrogen-bond acceptors (Lipinski definition) is 2. The molecule has 7 heteroatoms. The first-order chi connectivity index (χ1) is 12.0. The van der Waals surface area contributed by atoms with Crippen molar-refractivity contribution in [2.45, 2.75) is 13.0 Å². The fourth-order valence-electron chi connectivity index (χ4n) is 2.78. The van der Waals surface area contributed by atoms with E-state index >= 15 is 0 Å². The molecule has 0 spiro atoms. The average molecular weight is 381 g/mol. The molecule has 2 amide bonds. The zero-order valence-corrected chi connectivity index (χ0v) is 14.6. The van der Waals surface area contributed by atoms with E-state index in [2.05, 4.69) is 5.32 Å². The number of rotatable bonds is 4. The molecule has 1 atom stereocenters. The lowest BCUT2D eigenvalue weighted by atomic mass is 10.1. The lowest BCUT2D eigenvalue weighted by molar-refractivity contribution is -0.132. The molecule has 0 aliphatic carbocycles. The maximum Gasteiger partial charge on any atom is 0.239 e. The summed E-state index contributed by atoms with van der Waals surface area (Å²) in [5.41, 5.74) is 1.31. The van der Waals surface area contributed by atoms with Gasteiger partial charge in [-0.3, -0.25) is 9.59 Å². The molecule has 1 heterocycles. The van der Waals surface area contributed by atoms with Crippen LogP contribution in [0.25, 0.3) is 0 Å². The zero-order chi connectivity index (χ0) is 18.0. The molecule has 0 aromatic heterocycles. The quantitative estimate of drug-likeness (QED) is 0.820. The molecule has 4 nitrogen and oxygen atoms in total. The Morgan fingerprint density at radius 1 is 1.20 bits per heavy atom. The lowest BCUT2D eigenvalue weighted by Crippen LogP contribution is -2.36. The third-order valence-electron chi connectivity index (χ3n) is 4.10. The number of nitrogens with zero attached hydrogens (tertiary/aromatic N) is 1. The van der Waals surface area contributed by atoms with Crippen LogP contribution in [0.4, 0.5) is 10.1 Å². The highest BCUT2D eigenvalue weighted by molar-refractivity contribution is 6.37. The minimum atomic E-state index is -0.757. The van der Waals surface area contributed by atoms with Gasteiger partial charge in [-0.1, -0.05) is 35.3 Å². The van der Waals surface area contributed by atoms with E-state index in [0.717, 1.165) is 5.56 Å². The monoisotopic (exact) mass is 380 g/mol. The third-order valence-corrected chi connectivity index (χ3v) is 4.64. The van der Waals surface area contributed by atoms with E-state index in [4.69, 9.17) is 23.2 Å². The maximum atomic E-state index is 12.9. The van der Waals surface area contributed by atoms with Crippen LogP contribution in [0.15, 0.2) is 42.5 Å². The minimum Gasteiger partial charge on any atom is -0.351 e. The highest BCUT2D eigenvalue weighted by atomic mass is 35.5. The molecule has 1 fully saturated rings. The van der Waals surface area contributed by atoms with E-state index in [-0.39, 0.29) is 24.2 Å². The molecule has 1 aliphatic heterocycles. The zero-order valence-electron chi connectivity index (χ0n) is 13.1. The number of halogens is 3. The fourth-order valence-corrected chi connectivity index (χ4v) is 3.29. The Kier molecular flexibility index (Phi) is 5.25. The Morgan fingerprint density at radius 2 is 1.92 bits per heavy atom. The van der Waals surface area contributed by atoms with Gasteiger partial charge in [0.25, 0.3) is 0 Å². The number of hydrogen-bond donors (Lipinski definition) is 1. The molecule has 1 N–H and O–H groups in total. The topological polar surface area (TPSA) is 49.4 Å². The highest BCUT2D eigenvalue weighted by Gasteiger charge is 2.38. The van der Waals surface area contributed by atoms with Gasteiger partial charge in [0.1, 0.15) is 11.7 Å². The van der Waals surface area contributed by atoms with E-state index in [1.54, 1.807) is 30.3 Å². The number of benzene rings is 2. The summed E-state index contributed by atoms with van der Waals surface area (Å²) in [6.45, 7) is 0.652. The van der Waals surface area contributed by atoms with Crippen LogP contribution in [0.2, 0.25) is 10.0 Å². The van der Waals surface area contributed by atoms with Crippen molar-refractivity contribution in [1.29, 1.82) is 0 Å². The van der Waals surface area contributed by atoms with Crippen LogP contribution in [0, 0.1) is 11.7 Å². The van der Waals surface area contributed by atoms with Crippen molar-refractivity contribution < 1.29 is 14.0 Å².